The van der Waals surface area contributed by atoms with Crippen LogP contribution in [0.4, 0.5) is 23.4 Å². The molecule has 2 aromatic carbocycles. The number of likely N-dealkylation sites (N-methyl/N-ethyl adjacent to an activating group) is 1. The number of rotatable bonds is 7. The molecule has 6 rings (SSSR count). The summed E-state index contributed by atoms with van der Waals surface area (Å²) in [5.74, 6) is -3.34. The number of fused-ring (bicyclic) bond motifs is 2. The van der Waals surface area contributed by atoms with Crippen molar-refractivity contribution in [2.75, 3.05) is 44.7 Å². The van der Waals surface area contributed by atoms with E-state index < -0.39 is 35.6 Å². The maximum absolute atomic E-state index is 16.6. The van der Waals surface area contributed by atoms with Crippen molar-refractivity contribution in [1.82, 2.24) is 24.8 Å². The molecule has 0 unspecified atom stereocenters. The first-order valence-corrected chi connectivity index (χ1v) is 14.9. The Kier molecular flexibility index (Phi) is 8.67. The number of alkyl halides is 1. The lowest BCUT2D eigenvalue weighted by molar-refractivity contribution is -0.131. The van der Waals surface area contributed by atoms with Crippen molar-refractivity contribution in [2.24, 2.45) is 0 Å². The van der Waals surface area contributed by atoms with Gasteiger partial charge in [-0.1, -0.05) is 42.4 Å². The highest BCUT2D eigenvalue weighted by atomic mass is 35.5. The lowest BCUT2D eigenvalue weighted by atomic mass is 10.0. The number of hydrogen-bond donors (Lipinski definition) is 0. The molecule has 2 aromatic heterocycles. The van der Waals surface area contributed by atoms with Crippen LogP contribution in [0.1, 0.15) is 12.8 Å². The van der Waals surface area contributed by atoms with Crippen molar-refractivity contribution in [3.63, 3.8) is 0 Å². The fraction of sp³-hybridized carbons (Fsp3) is 0.344. The van der Waals surface area contributed by atoms with Gasteiger partial charge in [-0.25, -0.2) is 17.6 Å². The molecule has 46 heavy (non-hydrogen) atoms. The van der Waals surface area contributed by atoms with E-state index in [0.717, 1.165) is 0 Å². The summed E-state index contributed by atoms with van der Waals surface area (Å²) in [5, 5.41) is 10.3. The normalized spacial score (nSPS) is 20.3. The number of aromatic nitrogens is 3. The van der Waals surface area contributed by atoms with Crippen LogP contribution in [0.15, 0.2) is 48.9 Å². The van der Waals surface area contributed by atoms with Crippen molar-refractivity contribution in [2.45, 2.75) is 31.1 Å². The minimum absolute atomic E-state index is 0.0363. The molecule has 2 aliphatic rings. The highest BCUT2D eigenvalue weighted by molar-refractivity contribution is 6.36. The van der Waals surface area contributed by atoms with Gasteiger partial charge >= 0.3 is 6.01 Å². The third-order valence-electron chi connectivity index (χ3n) is 8.48. The van der Waals surface area contributed by atoms with Gasteiger partial charge in [0.05, 0.1) is 28.9 Å². The maximum atomic E-state index is 16.6. The van der Waals surface area contributed by atoms with E-state index in [-0.39, 0.29) is 96.1 Å². The van der Waals surface area contributed by atoms with Crippen molar-refractivity contribution in [3.8, 4) is 23.3 Å². The van der Waals surface area contributed by atoms with E-state index >= 15 is 4.39 Å². The SMILES string of the molecule is C=C(F)C(=O)N1CCN(c2nc(OC[C@@H]3C[C@H](F)CN3C)nc3c(F)c(-c4cccc5ccc(F)c(Cl)c45)ncc23)C[C@@H]1CC#N. The predicted molar refractivity (Wildman–Crippen MR) is 165 cm³/mol. The summed E-state index contributed by atoms with van der Waals surface area (Å²) in [7, 11) is 1.78. The van der Waals surface area contributed by atoms with E-state index in [1.807, 2.05) is 11.0 Å². The van der Waals surface area contributed by atoms with E-state index in [1.54, 1.807) is 30.1 Å². The van der Waals surface area contributed by atoms with Gasteiger partial charge in [-0.3, -0.25) is 14.7 Å². The van der Waals surface area contributed by atoms with E-state index in [2.05, 4.69) is 21.5 Å². The van der Waals surface area contributed by atoms with Crippen molar-refractivity contribution >= 4 is 45.0 Å². The van der Waals surface area contributed by atoms with Crippen molar-refractivity contribution in [1.29, 1.82) is 5.26 Å². The fourth-order valence-corrected chi connectivity index (χ4v) is 6.42. The number of halogens is 5. The summed E-state index contributed by atoms with van der Waals surface area (Å²) in [4.78, 5) is 30.6. The number of ether oxygens (including phenoxy) is 1. The summed E-state index contributed by atoms with van der Waals surface area (Å²) in [5.41, 5.74) is -0.0281. The lowest BCUT2D eigenvalue weighted by Gasteiger charge is -2.41. The maximum Gasteiger partial charge on any atom is 0.319 e. The van der Waals surface area contributed by atoms with Crippen LogP contribution in [0, 0.1) is 23.0 Å². The number of hydrogen-bond acceptors (Lipinski definition) is 8. The van der Waals surface area contributed by atoms with Gasteiger partial charge in [0.2, 0.25) is 0 Å². The molecule has 9 nitrogen and oxygen atoms in total. The quantitative estimate of drug-likeness (QED) is 0.188. The summed E-state index contributed by atoms with van der Waals surface area (Å²) in [6.45, 7) is 3.64. The van der Waals surface area contributed by atoms with Crippen molar-refractivity contribution in [3.05, 3.63) is 65.6 Å². The van der Waals surface area contributed by atoms with E-state index in [1.165, 1.54) is 23.2 Å². The Bertz CT molecular complexity index is 1900. The number of likely N-dealkylation sites (tertiary alicyclic amines) is 1. The Hall–Kier alpha value is -4.54. The van der Waals surface area contributed by atoms with Gasteiger partial charge in [-0.15, -0.1) is 0 Å². The molecule has 0 saturated carbocycles. The lowest BCUT2D eigenvalue weighted by Crippen LogP contribution is -2.55. The fourth-order valence-electron chi connectivity index (χ4n) is 6.15. The standard InChI is InChI=1S/C32H28ClF4N7O2/c1-17(34)31(45)44-11-10-43(15-20(44)8-9-38)30-23-13-39-28(22-5-3-4-18-6-7-24(36)26(33)25(18)22)27(37)29(23)40-32(41-30)46-16-21-12-19(35)14-42(21)2/h3-7,13,19-21H,1,8,10-12,14-16H2,2H3/t19-,20-,21-/m0/s1. The topological polar surface area (TPSA) is 98.5 Å². The monoisotopic (exact) mass is 653 g/mol. The molecule has 1 amide bonds. The summed E-state index contributed by atoms with van der Waals surface area (Å²) in [6.07, 6.45) is 0.530. The number of pyridine rings is 1. The van der Waals surface area contributed by atoms with Crippen LogP contribution in [0.25, 0.3) is 32.9 Å². The number of carbonyl (C=O) groups excluding carboxylic acids is 1. The van der Waals surface area contributed by atoms with Gasteiger partial charge in [0, 0.05) is 49.4 Å². The van der Waals surface area contributed by atoms with E-state index in [9.17, 15) is 23.2 Å². The molecule has 4 heterocycles. The number of nitrogens with zero attached hydrogens (tertiary/aromatic N) is 7. The van der Waals surface area contributed by atoms with Crippen LogP contribution in [0.2, 0.25) is 5.02 Å². The average molecular weight is 654 g/mol. The molecule has 2 aliphatic heterocycles. The first-order chi connectivity index (χ1) is 22.1. The summed E-state index contributed by atoms with van der Waals surface area (Å²) < 4.78 is 64.8. The number of amides is 1. The smallest absolute Gasteiger partial charge is 0.319 e. The van der Waals surface area contributed by atoms with E-state index in [4.69, 9.17) is 16.3 Å². The van der Waals surface area contributed by atoms with Gasteiger partial charge in [0.15, 0.2) is 11.6 Å². The Balaban J connectivity index is 1.46. The third-order valence-corrected chi connectivity index (χ3v) is 8.85. The number of anilines is 1. The molecule has 14 heteroatoms. The molecule has 0 aliphatic carbocycles. The van der Waals surface area contributed by atoms with Crippen LogP contribution >= 0.6 is 11.6 Å². The van der Waals surface area contributed by atoms with Gasteiger partial charge in [-0.05, 0) is 24.9 Å². The van der Waals surface area contributed by atoms with Gasteiger partial charge in [0.25, 0.3) is 5.91 Å². The van der Waals surface area contributed by atoms with Crippen molar-refractivity contribution < 1.29 is 27.1 Å². The van der Waals surface area contributed by atoms with Crippen LogP contribution in [0.5, 0.6) is 6.01 Å². The predicted octanol–water partition coefficient (Wildman–Crippen LogP) is 5.61. The minimum atomic E-state index is -1.14. The van der Waals surface area contributed by atoms with Crippen LogP contribution in [-0.2, 0) is 4.79 Å². The van der Waals surface area contributed by atoms with Gasteiger partial charge < -0.3 is 14.5 Å². The first kappa shape index (κ1) is 31.4. The number of carbonyl (C=O) groups is 1. The molecule has 0 radical (unpaired) electrons. The highest BCUT2D eigenvalue weighted by Gasteiger charge is 2.34. The molecular weight excluding hydrogens is 626 g/mol. The molecule has 0 N–H and O–H groups in total. The molecule has 2 fully saturated rings. The Morgan fingerprint density at radius 2 is 1.98 bits per heavy atom. The number of nitriles is 1. The summed E-state index contributed by atoms with van der Waals surface area (Å²) >= 11 is 6.33. The molecule has 0 bridgehead atoms. The van der Waals surface area contributed by atoms with Crippen LogP contribution in [0.3, 0.4) is 0 Å². The highest BCUT2D eigenvalue weighted by Crippen LogP contribution is 2.38. The number of piperazine rings is 1. The second-order valence-corrected chi connectivity index (χ2v) is 11.8. The molecule has 238 valence electrons. The Morgan fingerprint density at radius 3 is 2.70 bits per heavy atom. The average Bonchev–Trinajstić information content (AvgIpc) is 3.37. The van der Waals surface area contributed by atoms with Crippen LogP contribution < -0.4 is 9.64 Å². The zero-order valence-corrected chi connectivity index (χ0v) is 25.4. The Labute approximate surface area is 266 Å². The zero-order chi connectivity index (χ0) is 32.7. The first-order valence-electron chi connectivity index (χ1n) is 14.5. The molecule has 3 atom stereocenters. The zero-order valence-electron chi connectivity index (χ0n) is 24.7. The second-order valence-electron chi connectivity index (χ2n) is 11.4. The van der Waals surface area contributed by atoms with Gasteiger partial charge in [-0.2, -0.15) is 15.2 Å². The largest absolute Gasteiger partial charge is 0.462 e. The molecular formula is C32H28ClF4N7O2. The Morgan fingerprint density at radius 1 is 1.17 bits per heavy atom. The van der Waals surface area contributed by atoms with Crippen LogP contribution in [-0.4, -0.2) is 88.7 Å². The molecule has 4 aromatic rings. The molecule has 2 saturated heterocycles. The van der Waals surface area contributed by atoms with Gasteiger partial charge in [0.1, 0.15) is 35.6 Å². The second kappa shape index (κ2) is 12.7. The van der Waals surface area contributed by atoms with E-state index in [0.29, 0.717) is 5.39 Å². The number of benzene rings is 2. The summed E-state index contributed by atoms with van der Waals surface area (Å²) in [6, 6.07) is 8.61. The molecule has 0 spiro atoms. The minimum Gasteiger partial charge on any atom is -0.462 e. The third kappa shape index (κ3) is 5.78.